The van der Waals surface area contributed by atoms with Crippen LogP contribution >= 0.6 is 23.2 Å². The average Bonchev–Trinajstić information content (AvgIpc) is 2.21. The molecule has 0 fully saturated rings. The standard InChI is InChI=1S/C11H16Cl2N2O/c1-6(2)11(5-16)15-10-4-8(13)7(12)3-9(10)14/h3-4,6,11,15-16H,5,14H2,1-2H3. The Morgan fingerprint density at radius 2 is 1.88 bits per heavy atom. The summed E-state index contributed by atoms with van der Waals surface area (Å²) in [5, 5.41) is 13.2. The van der Waals surface area contributed by atoms with Crippen molar-refractivity contribution in [1.29, 1.82) is 0 Å². The molecule has 3 nitrogen and oxygen atoms in total. The van der Waals surface area contributed by atoms with Crippen LogP contribution in [-0.2, 0) is 0 Å². The molecule has 0 aliphatic heterocycles. The van der Waals surface area contributed by atoms with E-state index in [9.17, 15) is 5.11 Å². The van der Waals surface area contributed by atoms with Gasteiger partial charge in [-0.15, -0.1) is 0 Å². The number of benzene rings is 1. The minimum atomic E-state index is -0.0560. The Hall–Kier alpha value is -0.640. The van der Waals surface area contributed by atoms with E-state index in [0.717, 1.165) is 0 Å². The van der Waals surface area contributed by atoms with Gasteiger partial charge in [-0.3, -0.25) is 0 Å². The van der Waals surface area contributed by atoms with Gasteiger partial charge in [0.25, 0.3) is 0 Å². The number of halogens is 2. The number of hydrogen-bond acceptors (Lipinski definition) is 3. The first kappa shape index (κ1) is 13.4. The molecular weight excluding hydrogens is 247 g/mol. The summed E-state index contributed by atoms with van der Waals surface area (Å²) in [6, 6.07) is 3.21. The second-order valence-electron chi connectivity index (χ2n) is 4.03. The van der Waals surface area contributed by atoms with Crippen LogP contribution in [0, 0.1) is 5.92 Å². The predicted octanol–water partition coefficient (Wildman–Crippen LogP) is 3.00. The van der Waals surface area contributed by atoms with Gasteiger partial charge in [0, 0.05) is 0 Å². The van der Waals surface area contributed by atoms with Crippen LogP contribution in [0.3, 0.4) is 0 Å². The fourth-order valence-corrected chi connectivity index (χ4v) is 1.65. The quantitative estimate of drug-likeness (QED) is 0.732. The van der Waals surface area contributed by atoms with E-state index in [4.69, 9.17) is 28.9 Å². The van der Waals surface area contributed by atoms with Crippen LogP contribution in [0.5, 0.6) is 0 Å². The van der Waals surface area contributed by atoms with Crippen molar-refractivity contribution in [2.45, 2.75) is 19.9 Å². The first-order chi connectivity index (χ1) is 7.45. The first-order valence-electron chi connectivity index (χ1n) is 5.07. The smallest absolute Gasteiger partial charge is 0.0635 e. The fourth-order valence-electron chi connectivity index (χ4n) is 1.31. The van der Waals surface area contributed by atoms with Gasteiger partial charge in [0.2, 0.25) is 0 Å². The third-order valence-corrected chi connectivity index (χ3v) is 3.16. The molecule has 0 saturated carbocycles. The van der Waals surface area contributed by atoms with Gasteiger partial charge < -0.3 is 16.2 Å². The largest absolute Gasteiger partial charge is 0.397 e. The summed E-state index contributed by atoms with van der Waals surface area (Å²) in [5.41, 5.74) is 7.02. The van der Waals surface area contributed by atoms with E-state index in [1.54, 1.807) is 12.1 Å². The van der Waals surface area contributed by atoms with Crippen LogP contribution < -0.4 is 11.1 Å². The molecule has 90 valence electrons. The number of aliphatic hydroxyl groups excluding tert-OH is 1. The van der Waals surface area contributed by atoms with Gasteiger partial charge in [0.1, 0.15) is 0 Å². The van der Waals surface area contributed by atoms with E-state index in [1.807, 2.05) is 13.8 Å². The number of nitrogen functional groups attached to an aromatic ring is 1. The summed E-state index contributed by atoms with van der Waals surface area (Å²) in [7, 11) is 0. The summed E-state index contributed by atoms with van der Waals surface area (Å²) in [5.74, 6) is 0.291. The molecule has 4 N–H and O–H groups in total. The Bertz CT molecular complexity index is 369. The highest BCUT2D eigenvalue weighted by atomic mass is 35.5. The molecule has 1 atom stereocenters. The van der Waals surface area contributed by atoms with Crippen molar-refractivity contribution in [2.75, 3.05) is 17.7 Å². The van der Waals surface area contributed by atoms with Gasteiger partial charge in [-0.2, -0.15) is 0 Å². The van der Waals surface area contributed by atoms with E-state index in [-0.39, 0.29) is 12.6 Å². The van der Waals surface area contributed by atoms with Crippen LogP contribution in [0.4, 0.5) is 11.4 Å². The maximum atomic E-state index is 9.21. The third-order valence-electron chi connectivity index (χ3n) is 2.43. The van der Waals surface area contributed by atoms with Crippen LogP contribution in [-0.4, -0.2) is 17.8 Å². The number of rotatable bonds is 4. The number of nitrogens with one attached hydrogen (secondary N) is 1. The molecule has 1 rings (SSSR count). The minimum Gasteiger partial charge on any atom is -0.397 e. The highest BCUT2D eigenvalue weighted by Crippen LogP contribution is 2.31. The van der Waals surface area contributed by atoms with Crippen molar-refractivity contribution in [1.82, 2.24) is 0 Å². The summed E-state index contributed by atoms with van der Waals surface area (Å²) in [6.07, 6.45) is 0. The van der Waals surface area contributed by atoms with Gasteiger partial charge in [-0.1, -0.05) is 37.0 Å². The lowest BCUT2D eigenvalue weighted by molar-refractivity contribution is 0.249. The van der Waals surface area contributed by atoms with Crippen molar-refractivity contribution in [2.24, 2.45) is 5.92 Å². The molecule has 16 heavy (non-hydrogen) atoms. The second-order valence-corrected chi connectivity index (χ2v) is 4.85. The topological polar surface area (TPSA) is 58.3 Å². The van der Waals surface area contributed by atoms with E-state index in [0.29, 0.717) is 27.3 Å². The predicted molar refractivity (Wildman–Crippen MR) is 70.2 cm³/mol. The normalized spacial score (nSPS) is 12.9. The van der Waals surface area contributed by atoms with E-state index in [2.05, 4.69) is 5.32 Å². The molecule has 1 aromatic carbocycles. The van der Waals surface area contributed by atoms with Crippen molar-refractivity contribution in [3.8, 4) is 0 Å². The summed E-state index contributed by atoms with van der Waals surface area (Å²) in [6.45, 7) is 4.07. The zero-order valence-electron chi connectivity index (χ0n) is 9.30. The molecule has 0 amide bonds. The van der Waals surface area contributed by atoms with Crippen molar-refractivity contribution in [3.63, 3.8) is 0 Å². The molecule has 0 aliphatic carbocycles. The third kappa shape index (κ3) is 3.17. The molecule has 0 bridgehead atoms. The maximum absolute atomic E-state index is 9.21. The summed E-state index contributed by atoms with van der Waals surface area (Å²) < 4.78 is 0. The lowest BCUT2D eigenvalue weighted by atomic mass is 10.0. The van der Waals surface area contributed by atoms with Crippen LogP contribution in [0.25, 0.3) is 0 Å². The average molecular weight is 263 g/mol. The molecule has 0 saturated heterocycles. The Balaban J connectivity index is 2.92. The summed E-state index contributed by atoms with van der Waals surface area (Å²) >= 11 is 11.7. The lowest BCUT2D eigenvalue weighted by Crippen LogP contribution is -2.29. The zero-order chi connectivity index (χ0) is 12.3. The van der Waals surface area contributed by atoms with Crippen molar-refractivity contribution < 1.29 is 5.11 Å². The lowest BCUT2D eigenvalue weighted by Gasteiger charge is -2.22. The fraction of sp³-hybridized carbons (Fsp3) is 0.455. The number of aliphatic hydroxyl groups is 1. The molecule has 0 aromatic heterocycles. The number of anilines is 2. The molecule has 0 aliphatic rings. The van der Waals surface area contributed by atoms with Gasteiger partial charge in [0.15, 0.2) is 0 Å². The Labute approximate surface area is 106 Å². The molecule has 5 heteroatoms. The number of nitrogens with two attached hydrogens (primary N) is 1. The Morgan fingerprint density at radius 1 is 1.31 bits per heavy atom. The van der Waals surface area contributed by atoms with Crippen molar-refractivity contribution in [3.05, 3.63) is 22.2 Å². The van der Waals surface area contributed by atoms with Crippen molar-refractivity contribution >= 4 is 34.6 Å². The molecule has 0 radical (unpaired) electrons. The maximum Gasteiger partial charge on any atom is 0.0635 e. The highest BCUT2D eigenvalue weighted by Gasteiger charge is 2.14. The Morgan fingerprint density at radius 3 is 2.38 bits per heavy atom. The Kier molecular flexibility index (Phi) is 4.71. The summed E-state index contributed by atoms with van der Waals surface area (Å²) in [4.78, 5) is 0. The monoisotopic (exact) mass is 262 g/mol. The van der Waals surface area contributed by atoms with E-state index >= 15 is 0 Å². The molecule has 1 aromatic rings. The van der Waals surface area contributed by atoms with E-state index < -0.39 is 0 Å². The first-order valence-corrected chi connectivity index (χ1v) is 5.83. The van der Waals surface area contributed by atoms with Gasteiger partial charge in [-0.05, 0) is 18.1 Å². The van der Waals surface area contributed by atoms with Gasteiger partial charge in [0.05, 0.1) is 34.1 Å². The second kappa shape index (κ2) is 5.62. The van der Waals surface area contributed by atoms with Gasteiger partial charge >= 0.3 is 0 Å². The SMILES string of the molecule is CC(C)C(CO)Nc1cc(Cl)c(Cl)cc1N. The van der Waals surface area contributed by atoms with Gasteiger partial charge in [-0.25, -0.2) is 0 Å². The van der Waals surface area contributed by atoms with Crippen LogP contribution in [0.2, 0.25) is 10.0 Å². The van der Waals surface area contributed by atoms with E-state index in [1.165, 1.54) is 0 Å². The molecular formula is C11H16Cl2N2O. The molecule has 1 unspecified atom stereocenters. The molecule has 0 spiro atoms. The molecule has 0 heterocycles. The van der Waals surface area contributed by atoms with Crippen LogP contribution in [0.1, 0.15) is 13.8 Å². The minimum absolute atomic E-state index is 0.0390. The zero-order valence-corrected chi connectivity index (χ0v) is 10.8. The number of hydrogen-bond donors (Lipinski definition) is 3. The van der Waals surface area contributed by atoms with Crippen LogP contribution in [0.15, 0.2) is 12.1 Å². The highest BCUT2D eigenvalue weighted by molar-refractivity contribution is 6.42.